The number of nitrogens with zero attached hydrogens (tertiary/aromatic N) is 1. The Hall–Kier alpha value is -3.49. The van der Waals surface area contributed by atoms with Gasteiger partial charge in [0.25, 0.3) is 5.91 Å². The first kappa shape index (κ1) is 20.2. The highest BCUT2D eigenvalue weighted by Crippen LogP contribution is 2.37. The number of para-hydroxylation sites is 1. The van der Waals surface area contributed by atoms with Crippen molar-refractivity contribution in [2.45, 2.75) is 13.1 Å². The second-order valence-electron chi connectivity index (χ2n) is 5.94. The zero-order valence-corrected chi connectivity index (χ0v) is 14.8. The Balaban J connectivity index is 2.07. The maximum atomic E-state index is 14.7. The van der Waals surface area contributed by atoms with Gasteiger partial charge < -0.3 is 10.1 Å². The number of carbonyl (C=O) groups excluding carboxylic acids is 1. The number of aryl methyl sites for hydroxylation is 1. The van der Waals surface area contributed by atoms with Gasteiger partial charge in [0.15, 0.2) is 5.82 Å². The summed E-state index contributed by atoms with van der Waals surface area (Å²) in [5, 5.41) is 2.33. The standard InChI is InChI=1S/C20H13F5N2O2/c1-11-14(9-10-16(21)26-11)29-15-8-7-13(20(23,24)25)18(22)17(15)19(28)27-12-5-3-2-4-6-12/h2-10H,1H3,(H,27,28). The summed E-state index contributed by atoms with van der Waals surface area (Å²) >= 11 is 0. The lowest BCUT2D eigenvalue weighted by Gasteiger charge is -2.16. The second kappa shape index (κ2) is 7.86. The molecule has 0 saturated heterocycles. The molecule has 0 aliphatic heterocycles. The van der Waals surface area contributed by atoms with E-state index in [1.54, 1.807) is 18.2 Å². The Morgan fingerprint density at radius 3 is 2.24 bits per heavy atom. The SMILES string of the molecule is Cc1nc(F)ccc1Oc1ccc(C(F)(F)F)c(F)c1C(=O)Nc1ccccc1. The molecule has 9 heteroatoms. The fourth-order valence-corrected chi connectivity index (χ4v) is 2.53. The molecular formula is C20H13F5N2O2. The van der Waals surface area contributed by atoms with Gasteiger partial charge in [-0.15, -0.1) is 0 Å². The predicted octanol–water partition coefficient (Wildman–Crippen LogP) is 5.73. The van der Waals surface area contributed by atoms with E-state index in [0.29, 0.717) is 6.07 Å². The molecule has 4 nitrogen and oxygen atoms in total. The van der Waals surface area contributed by atoms with Crippen molar-refractivity contribution < 1.29 is 31.5 Å². The van der Waals surface area contributed by atoms with E-state index in [-0.39, 0.29) is 17.1 Å². The van der Waals surface area contributed by atoms with Crippen LogP contribution in [0.1, 0.15) is 21.6 Å². The minimum Gasteiger partial charge on any atom is -0.455 e. The average molecular weight is 408 g/mol. The highest BCUT2D eigenvalue weighted by atomic mass is 19.4. The Kier molecular flexibility index (Phi) is 5.49. The van der Waals surface area contributed by atoms with Crippen molar-refractivity contribution in [2.24, 2.45) is 0 Å². The molecule has 3 aromatic rings. The van der Waals surface area contributed by atoms with Crippen LogP contribution in [0.15, 0.2) is 54.6 Å². The number of halogens is 5. The van der Waals surface area contributed by atoms with Crippen LogP contribution in [0, 0.1) is 18.7 Å². The third-order valence-corrected chi connectivity index (χ3v) is 3.89. The first-order chi connectivity index (χ1) is 13.7. The monoisotopic (exact) mass is 408 g/mol. The van der Waals surface area contributed by atoms with Gasteiger partial charge in [-0.25, -0.2) is 9.37 Å². The van der Waals surface area contributed by atoms with Crippen molar-refractivity contribution >= 4 is 11.6 Å². The number of amides is 1. The van der Waals surface area contributed by atoms with Crippen LogP contribution >= 0.6 is 0 Å². The predicted molar refractivity (Wildman–Crippen MR) is 94.8 cm³/mol. The molecule has 0 radical (unpaired) electrons. The smallest absolute Gasteiger partial charge is 0.419 e. The molecule has 0 spiro atoms. The van der Waals surface area contributed by atoms with Gasteiger partial charge in [-0.3, -0.25) is 4.79 Å². The number of hydrogen-bond donors (Lipinski definition) is 1. The largest absolute Gasteiger partial charge is 0.455 e. The lowest BCUT2D eigenvalue weighted by atomic mass is 10.1. The van der Waals surface area contributed by atoms with Gasteiger partial charge in [-0.2, -0.15) is 17.6 Å². The molecule has 1 aromatic heterocycles. The van der Waals surface area contributed by atoms with Gasteiger partial charge in [-0.1, -0.05) is 18.2 Å². The third kappa shape index (κ3) is 4.50. The molecule has 150 valence electrons. The molecule has 0 saturated carbocycles. The summed E-state index contributed by atoms with van der Waals surface area (Å²) in [6.07, 6.45) is -5.02. The summed E-state index contributed by atoms with van der Waals surface area (Å²) in [6.45, 7) is 1.39. The van der Waals surface area contributed by atoms with E-state index in [1.807, 2.05) is 0 Å². The molecule has 0 unspecified atom stereocenters. The Morgan fingerprint density at radius 2 is 1.62 bits per heavy atom. The van der Waals surface area contributed by atoms with Crippen LogP contribution in [0.3, 0.4) is 0 Å². The van der Waals surface area contributed by atoms with E-state index < -0.39 is 40.7 Å². The number of hydrogen-bond acceptors (Lipinski definition) is 3. The van der Waals surface area contributed by atoms with Crippen LogP contribution in [0.25, 0.3) is 0 Å². The van der Waals surface area contributed by atoms with Crippen molar-refractivity contribution in [2.75, 3.05) is 5.32 Å². The minimum atomic E-state index is -5.02. The Bertz CT molecular complexity index is 1050. The maximum absolute atomic E-state index is 14.7. The zero-order valence-electron chi connectivity index (χ0n) is 14.8. The lowest BCUT2D eigenvalue weighted by Crippen LogP contribution is -2.18. The molecule has 1 amide bonds. The van der Waals surface area contributed by atoms with Crippen LogP contribution in [-0.4, -0.2) is 10.9 Å². The number of carbonyl (C=O) groups is 1. The van der Waals surface area contributed by atoms with Crippen molar-refractivity contribution in [1.82, 2.24) is 4.98 Å². The van der Waals surface area contributed by atoms with E-state index in [2.05, 4.69) is 10.3 Å². The highest BCUT2D eigenvalue weighted by molar-refractivity contribution is 6.06. The lowest BCUT2D eigenvalue weighted by molar-refractivity contribution is -0.140. The molecule has 0 atom stereocenters. The van der Waals surface area contributed by atoms with Crippen LogP contribution in [0.2, 0.25) is 0 Å². The van der Waals surface area contributed by atoms with Crippen LogP contribution in [0.5, 0.6) is 11.5 Å². The van der Waals surface area contributed by atoms with E-state index in [4.69, 9.17) is 4.74 Å². The summed E-state index contributed by atoms with van der Waals surface area (Å²) in [7, 11) is 0. The van der Waals surface area contributed by atoms with Gasteiger partial charge in [0.1, 0.15) is 17.1 Å². The van der Waals surface area contributed by atoms with Gasteiger partial charge >= 0.3 is 6.18 Å². The number of nitrogens with one attached hydrogen (secondary N) is 1. The Morgan fingerprint density at radius 1 is 0.966 bits per heavy atom. The maximum Gasteiger partial charge on any atom is 0.419 e. The van der Waals surface area contributed by atoms with Gasteiger partial charge in [0, 0.05) is 5.69 Å². The first-order valence-electron chi connectivity index (χ1n) is 8.24. The number of alkyl halides is 3. The number of benzene rings is 2. The third-order valence-electron chi connectivity index (χ3n) is 3.89. The van der Waals surface area contributed by atoms with Gasteiger partial charge in [0.05, 0.1) is 11.3 Å². The molecule has 0 fully saturated rings. The van der Waals surface area contributed by atoms with Crippen molar-refractivity contribution in [3.63, 3.8) is 0 Å². The molecule has 1 N–H and O–H groups in total. The highest BCUT2D eigenvalue weighted by Gasteiger charge is 2.37. The zero-order chi connectivity index (χ0) is 21.2. The molecule has 29 heavy (non-hydrogen) atoms. The molecular weight excluding hydrogens is 395 g/mol. The fourth-order valence-electron chi connectivity index (χ4n) is 2.53. The fraction of sp³-hybridized carbons (Fsp3) is 0.100. The van der Waals surface area contributed by atoms with E-state index >= 15 is 0 Å². The second-order valence-corrected chi connectivity index (χ2v) is 5.94. The molecule has 0 bridgehead atoms. The van der Waals surface area contributed by atoms with Crippen LogP contribution < -0.4 is 10.1 Å². The number of pyridine rings is 1. The number of aromatic nitrogens is 1. The molecule has 1 heterocycles. The molecule has 0 aliphatic rings. The summed E-state index contributed by atoms with van der Waals surface area (Å²) in [4.78, 5) is 16.1. The van der Waals surface area contributed by atoms with E-state index in [9.17, 15) is 26.7 Å². The van der Waals surface area contributed by atoms with Gasteiger partial charge in [-0.05, 0) is 43.3 Å². The summed E-state index contributed by atoms with van der Waals surface area (Å²) in [5.74, 6) is -4.23. The molecule has 0 aliphatic carbocycles. The number of rotatable bonds is 4. The van der Waals surface area contributed by atoms with E-state index in [0.717, 1.165) is 12.1 Å². The summed E-state index contributed by atoms with van der Waals surface area (Å²) in [5.41, 5.74) is -2.23. The quantitative estimate of drug-likeness (QED) is 0.443. The Labute approximate surface area is 162 Å². The average Bonchev–Trinajstić information content (AvgIpc) is 2.64. The van der Waals surface area contributed by atoms with Crippen molar-refractivity contribution in [1.29, 1.82) is 0 Å². The van der Waals surface area contributed by atoms with Crippen LogP contribution in [0.4, 0.5) is 27.6 Å². The van der Waals surface area contributed by atoms with E-state index in [1.165, 1.54) is 25.1 Å². The normalized spacial score (nSPS) is 11.2. The van der Waals surface area contributed by atoms with Crippen molar-refractivity contribution in [3.8, 4) is 11.5 Å². The first-order valence-corrected chi connectivity index (χ1v) is 8.24. The summed E-state index contributed by atoms with van der Waals surface area (Å²) < 4.78 is 72.7. The topological polar surface area (TPSA) is 51.2 Å². The van der Waals surface area contributed by atoms with Gasteiger partial charge in [0.2, 0.25) is 5.95 Å². The number of ether oxygens (including phenoxy) is 1. The molecule has 3 rings (SSSR count). The number of anilines is 1. The molecule has 2 aromatic carbocycles. The minimum absolute atomic E-state index is 0.0423. The van der Waals surface area contributed by atoms with Crippen LogP contribution in [-0.2, 0) is 6.18 Å². The summed E-state index contributed by atoms with van der Waals surface area (Å²) in [6, 6.07) is 11.2. The van der Waals surface area contributed by atoms with Crippen molar-refractivity contribution in [3.05, 3.63) is 83.2 Å².